The predicted octanol–water partition coefficient (Wildman–Crippen LogP) is 4.34. The second-order valence-electron chi connectivity index (χ2n) is 7.09. The number of nitrogens with one attached hydrogen (secondary N) is 1. The first kappa shape index (κ1) is 19.3. The number of hydrogen-bond acceptors (Lipinski definition) is 6. The van der Waals surface area contributed by atoms with Gasteiger partial charge >= 0.3 is 0 Å². The molecular weight excluding hydrogens is 384 g/mol. The molecule has 1 aromatic heterocycles. The number of piperazine rings is 1. The minimum absolute atomic E-state index is 0.572. The Kier molecular flexibility index (Phi) is 5.71. The SMILES string of the molecule is CCc1ccc(Nc2ncnc(N3CCN(c4cccc(Cl)c4)CC3)c2N)cc1. The molecule has 150 valence electrons. The van der Waals surface area contributed by atoms with E-state index in [4.69, 9.17) is 17.3 Å². The molecule has 1 aliphatic rings. The molecule has 0 spiro atoms. The highest BCUT2D eigenvalue weighted by Gasteiger charge is 2.21. The van der Waals surface area contributed by atoms with Crippen LogP contribution in [-0.4, -0.2) is 36.1 Å². The highest BCUT2D eigenvalue weighted by molar-refractivity contribution is 6.30. The topological polar surface area (TPSA) is 70.3 Å². The van der Waals surface area contributed by atoms with Crippen molar-refractivity contribution in [3.8, 4) is 0 Å². The zero-order valence-electron chi connectivity index (χ0n) is 16.5. The van der Waals surface area contributed by atoms with Crippen molar-refractivity contribution in [1.29, 1.82) is 0 Å². The second-order valence-corrected chi connectivity index (χ2v) is 7.53. The Hall–Kier alpha value is -2.99. The van der Waals surface area contributed by atoms with E-state index < -0.39 is 0 Å². The summed E-state index contributed by atoms with van der Waals surface area (Å²) in [6.07, 6.45) is 2.58. The maximum absolute atomic E-state index is 6.42. The number of nitrogens with two attached hydrogens (primary N) is 1. The van der Waals surface area contributed by atoms with Crippen molar-refractivity contribution in [3.05, 3.63) is 65.4 Å². The number of halogens is 1. The van der Waals surface area contributed by atoms with Crippen molar-refractivity contribution >= 4 is 40.3 Å². The van der Waals surface area contributed by atoms with Crippen molar-refractivity contribution in [2.75, 3.05) is 47.0 Å². The Morgan fingerprint density at radius 2 is 1.72 bits per heavy atom. The molecule has 2 aromatic carbocycles. The first-order chi connectivity index (χ1) is 14.1. The smallest absolute Gasteiger partial charge is 0.159 e. The quantitative estimate of drug-likeness (QED) is 0.654. The molecule has 29 heavy (non-hydrogen) atoms. The van der Waals surface area contributed by atoms with Crippen molar-refractivity contribution in [2.45, 2.75) is 13.3 Å². The lowest BCUT2D eigenvalue weighted by molar-refractivity contribution is 0.647. The number of hydrogen-bond donors (Lipinski definition) is 2. The fraction of sp³-hybridized carbons (Fsp3) is 0.273. The maximum Gasteiger partial charge on any atom is 0.159 e. The van der Waals surface area contributed by atoms with E-state index in [2.05, 4.69) is 50.2 Å². The summed E-state index contributed by atoms with van der Waals surface area (Å²) in [4.78, 5) is 13.3. The van der Waals surface area contributed by atoms with Gasteiger partial charge in [0.25, 0.3) is 0 Å². The molecule has 7 heteroatoms. The summed E-state index contributed by atoms with van der Waals surface area (Å²) in [7, 11) is 0. The summed E-state index contributed by atoms with van der Waals surface area (Å²) in [6.45, 7) is 5.57. The standard InChI is InChI=1S/C22H25ClN6/c1-2-16-6-8-18(9-7-16)27-21-20(24)22(26-15-25-21)29-12-10-28(11-13-29)19-5-3-4-17(23)14-19/h3-9,14-15H,2,10-13,24H2,1H3,(H,25,26,27). The van der Waals surface area contributed by atoms with E-state index >= 15 is 0 Å². The molecule has 1 aliphatic heterocycles. The summed E-state index contributed by atoms with van der Waals surface area (Å²) < 4.78 is 0. The zero-order valence-corrected chi connectivity index (χ0v) is 17.2. The molecule has 3 N–H and O–H groups in total. The van der Waals surface area contributed by atoms with Crippen molar-refractivity contribution in [2.24, 2.45) is 0 Å². The monoisotopic (exact) mass is 408 g/mol. The fourth-order valence-corrected chi connectivity index (χ4v) is 3.73. The van der Waals surface area contributed by atoms with Gasteiger partial charge in [-0.15, -0.1) is 0 Å². The Balaban J connectivity index is 1.46. The van der Waals surface area contributed by atoms with E-state index in [9.17, 15) is 0 Å². The van der Waals surface area contributed by atoms with Crippen LogP contribution in [0.5, 0.6) is 0 Å². The molecule has 2 heterocycles. The molecule has 4 rings (SSSR count). The van der Waals surface area contributed by atoms with Gasteiger partial charge in [0.05, 0.1) is 0 Å². The molecule has 0 radical (unpaired) electrons. The molecule has 0 bridgehead atoms. The minimum Gasteiger partial charge on any atom is -0.393 e. The lowest BCUT2D eigenvalue weighted by Crippen LogP contribution is -2.47. The molecule has 1 saturated heterocycles. The van der Waals surface area contributed by atoms with Gasteiger partial charge in [-0.3, -0.25) is 0 Å². The summed E-state index contributed by atoms with van der Waals surface area (Å²) in [5, 5.41) is 4.07. The highest BCUT2D eigenvalue weighted by atomic mass is 35.5. The average Bonchev–Trinajstić information content (AvgIpc) is 2.76. The molecule has 1 fully saturated rings. The van der Waals surface area contributed by atoms with Gasteiger partial charge in [0, 0.05) is 42.6 Å². The summed E-state index contributed by atoms with van der Waals surface area (Å²) >= 11 is 6.13. The van der Waals surface area contributed by atoms with Crippen LogP contribution in [0.15, 0.2) is 54.9 Å². The normalized spacial score (nSPS) is 14.1. The highest BCUT2D eigenvalue weighted by Crippen LogP contribution is 2.30. The van der Waals surface area contributed by atoms with Crippen LogP contribution in [-0.2, 0) is 6.42 Å². The summed E-state index contributed by atoms with van der Waals surface area (Å²) in [6, 6.07) is 16.3. The first-order valence-electron chi connectivity index (χ1n) is 9.86. The average molecular weight is 409 g/mol. The number of nitrogens with zero attached hydrogens (tertiary/aromatic N) is 4. The molecule has 3 aromatic rings. The lowest BCUT2D eigenvalue weighted by atomic mass is 10.1. The van der Waals surface area contributed by atoms with Crippen molar-refractivity contribution < 1.29 is 0 Å². The van der Waals surface area contributed by atoms with Gasteiger partial charge in [0.15, 0.2) is 11.6 Å². The van der Waals surface area contributed by atoms with E-state index in [-0.39, 0.29) is 0 Å². The fourth-order valence-electron chi connectivity index (χ4n) is 3.55. The zero-order chi connectivity index (χ0) is 20.2. The van der Waals surface area contributed by atoms with Gasteiger partial charge in [-0.2, -0.15) is 0 Å². The van der Waals surface area contributed by atoms with Crippen molar-refractivity contribution in [1.82, 2.24) is 9.97 Å². The van der Waals surface area contributed by atoms with Crippen LogP contribution in [0.4, 0.5) is 28.7 Å². The van der Waals surface area contributed by atoms with Gasteiger partial charge in [0.1, 0.15) is 12.0 Å². The van der Waals surface area contributed by atoms with E-state index in [1.807, 2.05) is 30.3 Å². The van der Waals surface area contributed by atoms with Crippen molar-refractivity contribution in [3.63, 3.8) is 0 Å². The number of benzene rings is 2. The molecule has 0 atom stereocenters. The summed E-state index contributed by atoms with van der Waals surface area (Å²) in [5.41, 5.74) is 10.4. The van der Waals surface area contributed by atoms with E-state index in [1.165, 1.54) is 5.56 Å². The van der Waals surface area contributed by atoms with Gasteiger partial charge in [0.2, 0.25) is 0 Å². The Bertz CT molecular complexity index is 967. The number of aromatic nitrogens is 2. The van der Waals surface area contributed by atoms with Crippen LogP contribution in [0, 0.1) is 0 Å². The molecule has 0 aliphatic carbocycles. The first-order valence-corrected chi connectivity index (χ1v) is 10.2. The third-order valence-electron chi connectivity index (χ3n) is 5.24. The van der Waals surface area contributed by atoms with Gasteiger partial charge in [-0.05, 0) is 42.3 Å². The van der Waals surface area contributed by atoms with E-state index in [0.29, 0.717) is 11.5 Å². The minimum atomic E-state index is 0.572. The van der Waals surface area contributed by atoms with Gasteiger partial charge < -0.3 is 20.9 Å². The Morgan fingerprint density at radius 3 is 2.41 bits per heavy atom. The lowest BCUT2D eigenvalue weighted by Gasteiger charge is -2.37. The van der Waals surface area contributed by atoms with Crippen LogP contribution < -0.4 is 20.9 Å². The molecule has 0 amide bonds. The van der Waals surface area contributed by atoms with E-state index in [1.54, 1.807) is 6.33 Å². The van der Waals surface area contributed by atoms with Crippen LogP contribution in [0.3, 0.4) is 0 Å². The maximum atomic E-state index is 6.42. The number of nitrogen functional groups attached to an aromatic ring is 1. The number of aryl methyl sites for hydroxylation is 1. The Morgan fingerprint density at radius 1 is 1.00 bits per heavy atom. The van der Waals surface area contributed by atoms with E-state index in [0.717, 1.165) is 54.8 Å². The number of rotatable bonds is 5. The summed E-state index contributed by atoms with van der Waals surface area (Å²) in [5.74, 6) is 1.41. The second kappa shape index (κ2) is 8.57. The van der Waals surface area contributed by atoms with Crippen LogP contribution >= 0.6 is 11.6 Å². The third kappa shape index (κ3) is 4.38. The molecule has 0 unspecified atom stereocenters. The molecule has 6 nitrogen and oxygen atoms in total. The Labute approximate surface area is 176 Å². The molecular formula is C22H25ClN6. The largest absolute Gasteiger partial charge is 0.393 e. The van der Waals surface area contributed by atoms with Crippen LogP contribution in [0.2, 0.25) is 5.02 Å². The molecule has 0 saturated carbocycles. The third-order valence-corrected chi connectivity index (χ3v) is 5.48. The van der Waals surface area contributed by atoms with Crippen LogP contribution in [0.1, 0.15) is 12.5 Å². The van der Waals surface area contributed by atoms with Gasteiger partial charge in [-0.25, -0.2) is 9.97 Å². The van der Waals surface area contributed by atoms with Gasteiger partial charge in [-0.1, -0.05) is 36.7 Å². The predicted molar refractivity (Wildman–Crippen MR) is 121 cm³/mol. The number of anilines is 5. The van der Waals surface area contributed by atoms with Crippen LogP contribution in [0.25, 0.3) is 0 Å².